The minimum Gasteiger partial charge on any atom is -0.298 e. The van der Waals surface area contributed by atoms with E-state index >= 15 is 0 Å². The maximum absolute atomic E-state index is 11.2. The Bertz CT molecular complexity index is 97.4. The van der Waals surface area contributed by atoms with E-state index in [1.165, 1.54) is 0 Å². The van der Waals surface area contributed by atoms with Gasteiger partial charge in [-0.3, -0.25) is 4.79 Å². The Morgan fingerprint density at radius 1 is 1.50 bits per heavy atom. The van der Waals surface area contributed by atoms with Crippen LogP contribution in [-0.4, -0.2) is 17.3 Å². The number of hydrogen-bond acceptors (Lipinski definition) is 2. The molecule has 1 nitrogen and oxygen atoms in total. The fourth-order valence-corrected chi connectivity index (χ4v) is 1.65. The van der Waals surface area contributed by atoms with Crippen LogP contribution in [0.1, 0.15) is 33.1 Å². The molecule has 0 spiro atoms. The minimum absolute atomic E-state index is 0.250. The summed E-state index contributed by atoms with van der Waals surface area (Å²) in [6.07, 6.45) is 4.71. The predicted molar refractivity (Wildman–Crippen MR) is 47.5 cm³/mol. The number of hydrogen-bond donors (Lipinski definition) is 0. The number of thioether (sulfide) groups is 1. The first kappa shape index (κ1) is 10.0. The van der Waals surface area contributed by atoms with Gasteiger partial charge in [-0.1, -0.05) is 13.8 Å². The Morgan fingerprint density at radius 2 is 2.10 bits per heavy atom. The summed E-state index contributed by atoms with van der Waals surface area (Å²) in [6, 6.07) is 0. The van der Waals surface area contributed by atoms with Gasteiger partial charge in [0.05, 0.1) is 5.25 Å². The summed E-state index contributed by atoms with van der Waals surface area (Å²) in [5.41, 5.74) is 0. The van der Waals surface area contributed by atoms with Crippen LogP contribution in [0, 0.1) is 0 Å². The van der Waals surface area contributed by atoms with Crippen LogP contribution in [0.5, 0.6) is 0 Å². The first-order chi connectivity index (χ1) is 4.76. The molecule has 0 saturated carbocycles. The second kappa shape index (κ2) is 5.78. The number of ketones is 1. The third-order valence-corrected chi connectivity index (χ3v) is 2.68. The zero-order chi connectivity index (χ0) is 7.98. The van der Waals surface area contributed by atoms with Gasteiger partial charge in [-0.05, 0) is 19.1 Å². The van der Waals surface area contributed by atoms with Gasteiger partial charge in [0, 0.05) is 6.42 Å². The van der Waals surface area contributed by atoms with E-state index in [9.17, 15) is 4.79 Å². The number of carbonyl (C=O) groups is 1. The molecule has 0 rings (SSSR count). The van der Waals surface area contributed by atoms with Gasteiger partial charge in [0.2, 0.25) is 0 Å². The Balaban J connectivity index is 3.65. The molecule has 0 aliphatic carbocycles. The summed E-state index contributed by atoms with van der Waals surface area (Å²) in [6.45, 7) is 4.11. The first-order valence-electron chi connectivity index (χ1n) is 3.81. The van der Waals surface area contributed by atoms with Crippen molar-refractivity contribution < 1.29 is 4.79 Å². The molecule has 0 radical (unpaired) electrons. The highest BCUT2D eigenvalue weighted by Gasteiger charge is 2.12. The van der Waals surface area contributed by atoms with Crippen molar-refractivity contribution in [2.24, 2.45) is 0 Å². The standard InChI is InChI=1S/C8H16OS/c1-4-6-7(9)8(5-2)10-3/h8H,4-6H2,1-3H3. The molecule has 10 heavy (non-hydrogen) atoms. The molecule has 0 amide bonds. The molecule has 1 unspecified atom stereocenters. The highest BCUT2D eigenvalue weighted by molar-refractivity contribution is 7.99. The SMILES string of the molecule is CCCC(=O)C(CC)SC. The van der Waals surface area contributed by atoms with E-state index in [2.05, 4.69) is 6.92 Å². The van der Waals surface area contributed by atoms with E-state index in [1.807, 2.05) is 13.2 Å². The molecule has 0 aromatic carbocycles. The van der Waals surface area contributed by atoms with E-state index in [4.69, 9.17) is 0 Å². The molecule has 0 fully saturated rings. The van der Waals surface area contributed by atoms with Crippen LogP contribution in [0.3, 0.4) is 0 Å². The van der Waals surface area contributed by atoms with E-state index in [-0.39, 0.29) is 5.25 Å². The van der Waals surface area contributed by atoms with Crippen LogP contribution in [0.4, 0.5) is 0 Å². The van der Waals surface area contributed by atoms with Gasteiger partial charge in [0.25, 0.3) is 0 Å². The summed E-state index contributed by atoms with van der Waals surface area (Å²) in [4.78, 5) is 11.2. The Labute approximate surface area is 67.6 Å². The van der Waals surface area contributed by atoms with E-state index in [1.54, 1.807) is 11.8 Å². The quantitative estimate of drug-likeness (QED) is 0.614. The van der Waals surface area contributed by atoms with Gasteiger partial charge in [-0.25, -0.2) is 0 Å². The topological polar surface area (TPSA) is 17.1 Å². The fraction of sp³-hybridized carbons (Fsp3) is 0.875. The molecule has 60 valence electrons. The van der Waals surface area contributed by atoms with Crippen molar-refractivity contribution in [3.8, 4) is 0 Å². The molecule has 0 aliphatic heterocycles. The largest absolute Gasteiger partial charge is 0.298 e. The van der Waals surface area contributed by atoms with Crippen molar-refractivity contribution in [2.45, 2.75) is 38.4 Å². The van der Waals surface area contributed by atoms with E-state index in [0.29, 0.717) is 5.78 Å². The van der Waals surface area contributed by atoms with Gasteiger partial charge in [0.15, 0.2) is 0 Å². The molecule has 1 atom stereocenters. The van der Waals surface area contributed by atoms with Gasteiger partial charge in [0.1, 0.15) is 5.78 Å². The highest BCUT2D eigenvalue weighted by atomic mass is 32.2. The second-order valence-corrected chi connectivity index (χ2v) is 3.39. The lowest BCUT2D eigenvalue weighted by molar-refractivity contribution is -0.118. The first-order valence-corrected chi connectivity index (χ1v) is 5.10. The lowest BCUT2D eigenvalue weighted by atomic mass is 10.1. The average molecular weight is 160 g/mol. The zero-order valence-electron chi connectivity index (χ0n) is 7.02. The Kier molecular flexibility index (Phi) is 5.79. The molecule has 0 N–H and O–H groups in total. The van der Waals surface area contributed by atoms with Crippen molar-refractivity contribution in [3.63, 3.8) is 0 Å². The van der Waals surface area contributed by atoms with Gasteiger partial charge >= 0.3 is 0 Å². The van der Waals surface area contributed by atoms with E-state index < -0.39 is 0 Å². The zero-order valence-corrected chi connectivity index (χ0v) is 7.83. The molecule has 0 aliphatic rings. The maximum Gasteiger partial charge on any atom is 0.145 e. The van der Waals surface area contributed by atoms with Crippen molar-refractivity contribution in [1.82, 2.24) is 0 Å². The summed E-state index contributed by atoms with van der Waals surface area (Å²) in [5, 5.41) is 0.250. The molecule has 0 saturated heterocycles. The number of carbonyl (C=O) groups excluding carboxylic acids is 1. The van der Waals surface area contributed by atoms with Crippen LogP contribution in [0.2, 0.25) is 0 Å². The fourth-order valence-electron chi connectivity index (χ4n) is 0.933. The third-order valence-electron chi connectivity index (χ3n) is 1.51. The summed E-state index contributed by atoms with van der Waals surface area (Å²) < 4.78 is 0. The number of Topliss-reactive ketones (excluding diaryl/α,β-unsaturated/α-hetero) is 1. The summed E-state index contributed by atoms with van der Waals surface area (Å²) >= 11 is 1.67. The Morgan fingerprint density at radius 3 is 2.40 bits per heavy atom. The smallest absolute Gasteiger partial charge is 0.145 e. The van der Waals surface area contributed by atoms with Gasteiger partial charge in [-0.15, -0.1) is 0 Å². The van der Waals surface area contributed by atoms with Crippen LogP contribution in [0.25, 0.3) is 0 Å². The summed E-state index contributed by atoms with van der Waals surface area (Å²) in [5.74, 6) is 0.414. The minimum atomic E-state index is 0.250. The molecule has 0 aromatic heterocycles. The lowest BCUT2D eigenvalue weighted by Gasteiger charge is -2.08. The van der Waals surface area contributed by atoms with Crippen LogP contribution >= 0.6 is 11.8 Å². The Hall–Kier alpha value is 0.0200. The van der Waals surface area contributed by atoms with Gasteiger partial charge < -0.3 is 0 Å². The third kappa shape index (κ3) is 3.25. The van der Waals surface area contributed by atoms with Crippen molar-refractivity contribution in [2.75, 3.05) is 6.26 Å². The normalized spacial score (nSPS) is 13.1. The maximum atomic E-state index is 11.2. The second-order valence-electron chi connectivity index (χ2n) is 2.35. The average Bonchev–Trinajstić information content (AvgIpc) is 1.91. The van der Waals surface area contributed by atoms with Crippen molar-refractivity contribution in [1.29, 1.82) is 0 Å². The molecule has 0 heterocycles. The summed E-state index contributed by atoms with van der Waals surface area (Å²) in [7, 11) is 0. The van der Waals surface area contributed by atoms with Crippen LogP contribution < -0.4 is 0 Å². The predicted octanol–water partition coefficient (Wildman–Crippen LogP) is 2.50. The van der Waals surface area contributed by atoms with Crippen molar-refractivity contribution >= 4 is 17.5 Å². The van der Waals surface area contributed by atoms with Crippen molar-refractivity contribution in [3.05, 3.63) is 0 Å². The van der Waals surface area contributed by atoms with E-state index in [0.717, 1.165) is 19.3 Å². The van der Waals surface area contributed by atoms with Crippen LogP contribution in [-0.2, 0) is 4.79 Å². The molecule has 0 bridgehead atoms. The van der Waals surface area contributed by atoms with Crippen LogP contribution in [0.15, 0.2) is 0 Å². The molecular weight excluding hydrogens is 144 g/mol. The molecular formula is C8H16OS. The lowest BCUT2D eigenvalue weighted by Crippen LogP contribution is -2.14. The monoisotopic (exact) mass is 160 g/mol. The van der Waals surface area contributed by atoms with Gasteiger partial charge in [-0.2, -0.15) is 11.8 Å². The molecule has 0 aromatic rings. The highest BCUT2D eigenvalue weighted by Crippen LogP contribution is 2.13. The molecule has 2 heteroatoms. The number of rotatable bonds is 5.